The second-order valence-corrected chi connectivity index (χ2v) is 8.22. The van der Waals surface area contributed by atoms with E-state index >= 15 is 0 Å². The molecule has 2 saturated heterocycles. The molecule has 0 bridgehead atoms. The Bertz CT molecular complexity index is 714. The highest BCUT2D eigenvalue weighted by molar-refractivity contribution is 6.28. The summed E-state index contributed by atoms with van der Waals surface area (Å²) < 4.78 is 44.0. The maximum absolute atomic E-state index is 12.9. The number of aromatic nitrogens is 2. The lowest BCUT2D eigenvalue weighted by Gasteiger charge is -2.48. The van der Waals surface area contributed by atoms with E-state index in [1.807, 2.05) is 0 Å². The minimum absolute atomic E-state index is 0.146. The zero-order chi connectivity index (χ0) is 19.3. The second kappa shape index (κ2) is 6.14. The van der Waals surface area contributed by atoms with E-state index in [1.54, 1.807) is 30.6 Å². The highest BCUT2D eigenvalue weighted by atomic mass is 35.5. The van der Waals surface area contributed by atoms with Crippen molar-refractivity contribution in [1.82, 2.24) is 14.9 Å². The molecule has 26 heavy (non-hydrogen) atoms. The van der Waals surface area contributed by atoms with Gasteiger partial charge in [-0.25, -0.2) is 14.8 Å². The Labute approximate surface area is 154 Å². The number of likely N-dealkylation sites (tertiary alicyclic amines) is 1. The van der Waals surface area contributed by atoms with Crippen LogP contribution in [0.25, 0.3) is 0 Å². The van der Waals surface area contributed by atoms with Crippen molar-refractivity contribution >= 4 is 23.5 Å². The Hall–Kier alpha value is -1.77. The van der Waals surface area contributed by atoms with E-state index < -0.39 is 22.8 Å². The van der Waals surface area contributed by atoms with Crippen molar-refractivity contribution in [3.05, 3.63) is 17.0 Å². The molecule has 6 nitrogen and oxygen atoms in total. The van der Waals surface area contributed by atoms with Crippen LogP contribution in [-0.2, 0) is 10.9 Å². The van der Waals surface area contributed by atoms with E-state index in [4.69, 9.17) is 16.3 Å². The number of anilines is 1. The molecule has 3 heterocycles. The fraction of sp³-hybridized carbons (Fsp3) is 0.688. The first-order chi connectivity index (χ1) is 11.9. The molecular weight excluding hydrogens is 373 g/mol. The van der Waals surface area contributed by atoms with Crippen molar-refractivity contribution in [2.45, 2.75) is 39.0 Å². The van der Waals surface area contributed by atoms with Gasteiger partial charge >= 0.3 is 12.3 Å². The summed E-state index contributed by atoms with van der Waals surface area (Å²) in [5.74, 6) is 0.152. The van der Waals surface area contributed by atoms with Crippen LogP contribution in [-0.4, -0.2) is 52.7 Å². The van der Waals surface area contributed by atoms with Gasteiger partial charge in [0.25, 0.3) is 0 Å². The first kappa shape index (κ1) is 19.0. The molecule has 2 aliphatic rings. The van der Waals surface area contributed by atoms with E-state index in [2.05, 4.69) is 9.97 Å². The normalized spacial score (nSPS) is 19.7. The summed E-state index contributed by atoms with van der Waals surface area (Å²) in [5.41, 5.74) is -1.77. The lowest BCUT2D eigenvalue weighted by molar-refractivity contribution is -0.141. The van der Waals surface area contributed by atoms with Gasteiger partial charge in [-0.1, -0.05) is 0 Å². The molecule has 0 unspecified atom stereocenters. The van der Waals surface area contributed by atoms with Crippen molar-refractivity contribution in [3.63, 3.8) is 0 Å². The van der Waals surface area contributed by atoms with Crippen molar-refractivity contribution in [2.24, 2.45) is 5.41 Å². The molecule has 2 fully saturated rings. The van der Waals surface area contributed by atoms with Gasteiger partial charge in [-0.15, -0.1) is 0 Å². The largest absolute Gasteiger partial charge is 0.444 e. The molecule has 1 aromatic heterocycles. The average Bonchev–Trinajstić information content (AvgIpc) is 2.87. The highest BCUT2D eigenvalue weighted by Crippen LogP contribution is 2.42. The maximum Gasteiger partial charge on any atom is 0.433 e. The molecule has 3 rings (SSSR count). The van der Waals surface area contributed by atoms with Crippen LogP contribution in [0.1, 0.15) is 32.9 Å². The molecule has 2 aliphatic heterocycles. The van der Waals surface area contributed by atoms with Gasteiger partial charge in [-0.05, 0) is 38.8 Å². The first-order valence-corrected chi connectivity index (χ1v) is 8.59. The number of amides is 1. The molecule has 0 aliphatic carbocycles. The minimum atomic E-state index is -4.58. The summed E-state index contributed by atoms with van der Waals surface area (Å²) in [6, 6.07) is 0.902. The number of hydrogen-bond donors (Lipinski definition) is 0. The van der Waals surface area contributed by atoms with Crippen LogP contribution in [0.4, 0.5) is 23.8 Å². The molecule has 0 saturated carbocycles. The summed E-state index contributed by atoms with van der Waals surface area (Å²) in [6.45, 7) is 7.52. The van der Waals surface area contributed by atoms with Crippen LogP contribution in [0.2, 0.25) is 5.28 Å². The summed E-state index contributed by atoms with van der Waals surface area (Å²) in [4.78, 5) is 22.7. The van der Waals surface area contributed by atoms with Crippen LogP contribution in [0, 0.1) is 5.41 Å². The molecule has 1 amide bonds. The molecule has 0 aromatic carbocycles. The minimum Gasteiger partial charge on any atom is -0.444 e. The smallest absolute Gasteiger partial charge is 0.433 e. The molecular formula is C16H20ClF3N4O2. The third-order valence-electron chi connectivity index (χ3n) is 4.44. The second-order valence-electron chi connectivity index (χ2n) is 7.89. The third-order valence-corrected chi connectivity index (χ3v) is 4.61. The number of rotatable bonds is 1. The predicted octanol–water partition coefficient (Wildman–Crippen LogP) is 3.60. The Morgan fingerprint density at radius 1 is 1.23 bits per heavy atom. The highest BCUT2D eigenvalue weighted by Gasteiger charge is 2.50. The predicted molar refractivity (Wildman–Crippen MR) is 89.1 cm³/mol. The van der Waals surface area contributed by atoms with E-state index in [0.29, 0.717) is 26.2 Å². The van der Waals surface area contributed by atoms with Crippen LogP contribution >= 0.6 is 11.6 Å². The van der Waals surface area contributed by atoms with Crippen molar-refractivity contribution < 1.29 is 22.7 Å². The zero-order valence-electron chi connectivity index (χ0n) is 14.7. The van der Waals surface area contributed by atoms with E-state index in [1.165, 1.54) is 0 Å². The van der Waals surface area contributed by atoms with Gasteiger partial charge in [-0.3, -0.25) is 0 Å². The van der Waals surface area contributed by atoms with Gasteiger partial charge in [0.1, 0.15) is 11.4 Å². The summed E-state index contributed by atoms with van der Waals surface area (Å²) in [7, 11) is 0. The lowest BCUT2D eigenvalue weighted by Crippen LogP contribution is -2.58. The van der Waals surface area contributed by atoms with Crippen LogP contribution in [0.3, 0.4) is 0 Å². The average molecular weight is 393 g/mol. The monoisotopic (exact) mass is 392 g/mol. The van der Waals surface area contributed by atoms with Crippen molar-refractivity contribution in [3.8, 4) is 0 Å². The number of alkyl halides is 3. The van der Waals surface area contributed by atoms with Crippen LogP contribution < -0.4 is 4.90 Å². The molecule has 1 aromatic rings. The number of carbonyl (C=O) groups excluding carboxylic acids is 1. The first-order valence-electron chi connectivity index (χ1n) is 8.22. The van der Waals surface area contributed by atoms with E-state index in [9.17, 15) is 18.0 Å². The summed E-state index contributed by atoms with van der Waals surface area (Å²) in [6.07, 6.45) is -4.17. The standard InChI is InChI=1S/C16H20ClF3N4O2/c1-14(2,3)26-13(25)23-5-4-15(7-23)8-24(9-15)11-6-10(16(18,19)20)21-12(17)22-11/h6H,4-5,7-9H2,1-3H3. The van der Waals surface area contributed by atoms with Crippen LogP contribution in [0.15, 0.2) is 6.07 Å². The Morgan fingerprint density at radius 3 is 2.46 bits per heavy atom. The van der Waals surface area contributed by atoms with Gasteiger partial charge in [-0.2, -0.15) is 13.2 Å². The van der Waals surface area contributed by atoms with Gasteiger partial charge in [0.05, 0.1) is 0 Å². The fourth-order valence-corrected chi connectivity index (χ4v) is 3.49. The van der Waals surface area contributed by atoms with E-state index in [-0.39, 0.29) is 17.3 Å². The number of carbonyl (C=O) groups is 1. The van der Waals surface area contributed by atoms with Gasteiger partial charge in [0.15, 0.2) is 5.69 Å². The number of nitrogens with zero attached hydrogens (tertiary/aromatic N) is 4. The molecule has 0 atom stereocenters. The summed E-state index contributed by atoms with van der Waals surface area (Å²) in [5, 5.41) is -0.433. The lowest BCUT2D eigenvalue weighted by atomic mass is 9.79. The topological polar surface area (TPSA) is 58.6 Å². The number of halogens is 4. The molecule has 0 radical (unpaired) electrons. The fourth-order valence-electron chi connectivity index (χ4n) is 3.31. The third kappa shape index (κ3) is 3.97. The SMILES string of the molecule is CC(C)(C)OC(=O)N1CCC2(C1)CN(c1cc(C(F)(F)F)nc(Cl)n1)C2. The van der Waals surface area contributed by atoms with Crippen LogP contribution in [0.5, 0.6) is 0 Å². The van der Waals surface area contributed by atoms with Crippen molar-refractivity contribution in [1.29, 1.82) is 0 Å². The van der Waals surface area contributed by atoms with Crippen molar-refractivity contribution in [2.75, 3.05) is 31.1 Å². The molecule has 10 heteroatoms. The Kier molecular flexibility index (Phi) is 4.49. The maximum atomic E-state index is 12.9. The number of ether oxygens (including phenoxy) is 1. The quantitative estimate of drug-likeness (QED) is 0.683. The van der Waals surface area contributed by atoms with Gasteiger partial charge in [0.2, 0.25) is 5.28 Å². The number of hydrogen-bond acceptors (Lipinski definition) is 5. The van der Waals surface area contributed by atoms with Gasteiger partial charge < -0.3 is 14.5 Å². The molecule has 1 spiro atoms. The zero-order valence-corrected chi connectivity index (χ0v) is 15.5. The van der Waals surface area contributed by atoms with E-state index in [0.717, 1.165) is 12.5 Å². The Morgan fingerprint density at radius 2 is 1.88 bits per heavy atom. The Balaban J connectivity index is 1.64. The molecule has 0 N–H and O–H groups in total. The van der Waals surface area contributed by atoms with Gasteiger partial charge in [0, 0.05) is 37.7 Å². The molecule has 144 valence electrons. The summed E-state index contributed by atoms with van der Waals surface area (Å²) >= 11 is 5.64.